The van der Waals surface area contributed by atoms with Gasteiger partial charge in [-0.15, -0.1) is 0 Å². The Morgan fingerprint density at radius 3 is 2.40 bits per heavy atom. The van der Waals surface area contributed by atoms with Crippen molar-refractivity contribution in [3.63, 3.8) is 0 Å². The average molecular weight is 491 g/mol. The van der Waals surface area contributed by atoms with E-state index in [-0.39, 0.29) is 35.5 Å². The number of pyridine rings is 1. The number of para-hydroxylation sites is 1. The molecule has 6 nitrogen and oxygen atoms in total. The maximum Gasteiger partial charge on any atom is 0.433 e. The number of carbonyl (C=O) groups is 2. The van der Waals surface area contributed by atoms with E-state index in [9.17, 15) is 22.8 Å². The highest BCUT2D eigenvalue weighted by Gasteiger charge is 2.33. The number of rotatable bonds is 3. The summed E-state index contributed by atoms with van der Waals surface area (Å²) >= 11 is 0. The van der Waals surface area contributed by atoms with Gasteiger partial charge in [0.25, 0.3) is 5.91 Å². The number of halogens is 3. The number of benzene rings is 1. The Labute approximate surface area is 204 Å². The number of nitrogens with zero attached hydrogens (tertiary/aromatic N) is 4. The smallest absolute Gasteiger partial charge is 0.333 e. The molecule has 9 heteroatoms. The van der Waals surface area contributed by atoms with Crippen LogP contribution in [0.15, 0.2) is 36.4 Å². The maximum absolute atomic E-state index is 13.5. The molecule has 0 spiro atoms. The number of aromatic nitrogens is 1. The highest BCUT2D eigenvalue weighted by molar-refractivity contribution is 5.96. The lowest BCUT2D eigenvalue weighted by Crippen LogP contribution is -2.37. The molecule has 0 saturated heterocycles. The maximum atomic E-state index is 13.5. The topological polar surface area (TPSA) is 56.8 Å². The summed E-state index contributed by atoms with van der Waals surface area (Å²) in [6.45, 7) is 7.97. The van der Waals surface area contributed by atoms with Crippen LogP contribution in [0.25, 0.3) is 0 Å². The summed E-state index contributed by atoms with van der Waals surface area (Å²) < 4.78 is 39.2. The molecule has 1 aromatic heterocycles. The molecule has 0 fully saturated rings. The summed E-state index contributed by atoms with van der Waals surface area (Å²) in [7, 11) is 1.96. The van der Waals surface area contributed by atoms with Gasteiger partial charge in [0.1, 0.15) is 5.69 Å². The predicted octanol–water partition coefficient (Wildman–Crippen LogP) is 4.77. The fraction of sp³-hybridized carbons (Fsp3) is 0.500. The van der Waals surface area contributed by atoms with Gasteiger partial charge >= 0.3 is 6.18 Å². The molecule has 0 atom stereocenters. The van der Waals surface area contributed by atoms with Crippen molar-refractivity contribution < 1.29 is 22.8 Å². The second-order valence-corrected chi connectivity index (χ2v) is 9.48. The minimum absolute atomic E-state index is 0.0366. The van der Waals surface area contributed by atoms with E-state index in [0.29, 0.717) is 26.1 Å². The Kier molecular flexibility index (Phi) is 8.53. The van der Waals surface area contributed by atoms with E-state index in [1.807, 2.05) is 50.1 Å². The molecule has 1 aliphatic rings. The number of carbonyl (C=O) groups excluding carboxylic acids is 2. The molecular formula is C26H33F3N4O2. The zero-order valence-electron chi connectivity index (χ0n) is 20.7. The molecule has 1 aromatic carbocycles. The van der Waals surface area contributed by atoms with Crippen LogP contribution in [-0.2, 0) is 17.5 Å². The van der Waals surface area contributed by atoms with Crippen LogP contribution < -0.4 is 4.90 Å². The standard InChI is InChI=1S/C26H33F3N4O2/c1-18(2)16-24(34)33-13-7-12-31(4)14-15-32(17-20-8-5-6-9-22(20)33)25(35)21-10-11-23(26(27,28)29)30-19(21)3/h5-6,8-11,18H,7,12-17H2,1-4H3. The first-order chi connectivity index (χ1) is 16.5. The average Bonchev–Trinajstić information content (AvgIpc) is 2.81. The van der Waals surface area contributed by atoms with Crippen LogP contribution in [0, 0.1) is 12.8 Å². The van der Waals surface area contributed by atoms with Gasteiger partial charge in [-0.25, -0.2) is 4.98 Å². The molecular weight excluding hydrogens is 457 g/mol. The molecule has 2 aromatic rings. The second kappa shape index (κ2) is 11.2. The molecule has 0 radical (unpaired) electrons. The summed E-state index contributed by atoms with van der Waals surface area (Å²) in [4.78, 5) is 35.8. The first kappa shape index (κ1) is 26.7. The van der Waals surface area contributed by atoms with Gasteiger partial charge in [-0.3, -0.25) is 9.59 Å². The Morgan fingerprint density at radius 1 is 1.03 bits per heavy atom. The highest BCUT2D eigenvalue weighted by Crippen LogP contribution is 2.29. The fourth-order valence-electron chi connectivity index (χ4n) is 4.22. The zero-order chi connectivity index (χ0) is 25.8. The fourth-order valence-corrected chi connectivity index (χ4v) is 4.22. The largest absolute Gasteiger partial charge is 0.433 e. The third-order valence-corrected chi connectivity index (χ3v) is 6.09. The molecule has 0 unspecified atom stereocenters. The van der Waals surface area contributed by atoms with Crippen molar-refractivity contribution in [1.29, 1.82) is 0 Å². The third kappa shape index (κ3) is 6.81. The summed E-state index contributed by atoms with van der Waals surface area (Å²) in [5.74, 6) is -0.134. The van der Waals surface area contributed by atoms with Crippen LogP contribution in [0.2, 0.25) is 0 Å². The van der Waals surface area contributed by atoms with Crippen molar-refractivity contribution in [3.8, 4) is 0 Å². The summed E-state index contributed by atoms with van der Waals surface area (Å²) in [5.41, 5.74) is 0.742. The third-order valence-electron chi connectivity index (χ3n) is 6.09. The van der Waals surface area contributed by atoms with E-state index in [1.54, 1.807) is 4.90 Å². The number of alkyl halides is 3. The van der Waals surface area contributed by atoms with Gasteiger partial charge in [0.15, 0.2) is 0 Å². The molecule has 35 heavy (non-hydrogen) atoms. The Morgan fingerprint density at radius 2 is 1.74 bits per heavy atom. The highest BCUT2D eigenvalue weighted by atomic mass is 19.4. The molecule has 0 N–H and O–H groups in total. The van der Waals surface area contributed by atoms with E-state index in [4.69, 9.17) is 0 Å². The number of anilines is 1. The number of amides is 2. The number of aryl methyl sites for hydroxylation is 1. The van der Waals surface area contributed by atoms with Crippen molar-refractivity contribution in [2.75, 3.05) is 38.1 Å². The predicted molar refractivity (Wildman–Crippen MR) is 129 cm³/mol. The van der Waals surface area contributed by atoms with Crippen LogP contribution >= 0.6 is 0 Å². The van der Waals surface area contributed by atoms with Crippen molar-refractivity contribution in [1.82, 2.24) is 14.8 Å². The number of fused-ring (bicyclic) bond motifs is 1. The van der Waals surface area contributed by atoms with E-state index in [0.717, 1.165) is 30.3 Å². The zero-order valence-corrected chi connectivity index (χ0v) is 20.7. The monoisotopic (exact) mass is 490 g/mol. The van der Waals surface area contributed by atoms with Crippen molar-refractivity contribution in [3.05, 3.63) is 58.9 Å². The minimum Gasteiger partial charge on any atom is -0.333 e. The van der Waals surface area contributed by atoms with Crippen molar-refractivity contribution in [2.45, 2.75) is 46.3 Å². The Hall–Kier alpha value is -2.94. The molecule has 2 amide bonds. The lowest BCUT2D eigenvalue weighted by Gasteiger charge is -2.28. The number of likely N-dealkylation sites (N-methyl/N-ethyl adjacent to an activating group) is 1. The molecule has 0 bridgehead atoms. The van der Waals surface area contributed by atoms with E-state index in [1.165, 1.54) is 13.0 Å². The van der Waals surface area contributed by atoms with Crippen LogP contribution in [-0.4, -0.2) is 59.8 Å². The van der Waals surface area contributed by atoms with Gasteiger partial charge in [-0.05, 0) is 56.6 Å². The Bertz CT molecular complexity index is 1060. The minimum atomic E-state index is -4.57. The molecule has 2 heterocycles. The summed E-state index contributed by atoms with van der Waals surface area (Å²) in [5, 5.41) is 0. The molecule has 0 aliphatic carbocycles. The molecule has 190 valence electrons. The van der Waals surface area contributed by atoms with Gasteiger partial charge < -0.3 is 14.7 Å². The van der Waals surface area contributed by atoms with Gasteiger partial charge in [-0.2, -0.15) is 13.2 Å². The van der Waals surface area contributed by atoms with Gasteiger partial charge in [0, 0.05) is 38.3 Å². The summed E-state index contributed by atoms with van der Waals surface area (Å²) in [6, 6.07) is 9.57. The first-order valence-corrected chi connectivity index (χ1v) is 11.9. The lowest BCUT2D eigenvalue weighted by molar-refractivity contribution is -0.141. The summed E-state index contributed by atoms with van der Waals surface area (Å²) in [6.07, 6.45) is -3.37. The number of hydrogen-bond acceptors (Lipinski definition) is 4. The van der Waals surface area contributed by atoms with Crippen LogP contribution in [0.5, 0.6) is 0 Å². The normalized spacial score (nSPS) is 16.1. The van der Waals surface area contributed by atoms with Gasteiger partial charge in [0.2, 0.25) is 5.91 Å². The molecule has 1 aliphatic heterocycles. The lowest BCUT2D eigenvalue weighted by atomic mass is 10.1. The number of hydrogen-bond donors (Lipinski definition) is 0. The second-order valence-electron chi connectivity index (χ2n) is 9.48. The first-order valence-electron chi connectivity index (χ1n) is 11.9. The van der Waals surface area contributed by atoms with E-state index < -0.39 is 11.9 Å². The van der Waals surface area contributed by atoms with Crippen LogP contribution in [0.3, 0.4) is 0 Å². The Balaban J connectivity index is 1.98. The quantitative estimate of drug-likeness (QED) is 0.622. The van der Waals surface area contributed by atoms with E-state index >= 15 is 0 Å². The van der Waals surface area contributed by atoms with Crippen LogP contribution in [0.4, 0.5) is 18.9 Å². The molecule has 3 rings (SSSR count). The van der Waals surface area contributed by atoms with Crippen molar-refractivity contribution in [2.24, 2.45) is 5.92 Å². The van der Waals surface area contributed by atoms with Gasteiger partial charge in [0.05, 0.1) is 11.3 Å². The van der Waals surface area contributed by atoms with Crippen LogP contribution in [0.1, 0.15) is 54.0 Å². The molecule has 0 saturated carbocycles. The van der Waals surface area contributed by atoms with Crippen molar-refractivity contribution >= 4 is 17.5 Å². The van der Waals surface area contributed by atoms with E-state index in [2.05, 4.69) is 9.88 Å². The van der Waals surface area contributed by atoms with Gasteiger partial charge in [-0.1, -0.05) is 32.0 Å². The SMILES string of the molecule is Cc1nc(C(F)(F)F)ccc1C(=O)N1CCN(C)CCCN(C(=O)CC(C)C)c2ccccc2C1.